The summed E-state index contributed by atoms with van der Waals surface area (Å²) in [5.41, 5.74) is 5.59. The summed E-state index contributed by atoms with van der Waals surface area (Å²) in [7, 11) is 0. The Morgan fingerprint density at radius 2 is 2.31 bits per heavy atom. The highest BCUT2D eigenvalue weighted by Crippen LogP contribution is 2.22. The van der Waals surface area contributed by atoms with E-state index < -0.39 is 0 Å². The number of nitrogens with zero attached hydrogens (tertiary/aromatic N) is 2. The van der Waals surface area contributed by atoms with Gasteiger partial charge in [-0.15, -0.1) is 0 Å². The molecule has 1 heterocycles. The first kappa shape index (κ1) is 9.59. The van der Waals surface area contributed by atoms with Crippen LogP contribution in [-0.2, 0) is 0 Å². The van der Waals surface area contributed by atoms with E-state index in [-0.39, 0.29) is 23.2 Å². The summed E-state index contributed by atoms with van der Waals surface area (Å²) in [4.78, 5) is 4.01. The smallest absolute Gasteiger partial charge is 0.140 e. The van der Waals surface area contributed by atoms with Crippen molar-refractivity contribution < 1.29 is 5.11 Å². The van der Waals surface area contributed by atoms with Gasteiger partial charge < -0.3 is 10.8 Å². The predicted octanol–water partition coefficient (Wildman–Crippen LogP) is 1.11. The van der Waals surface area contributed by atoms with Crippen LogP contribution in [0.1, 0.15) is 20.3 Å². The van der Waals surface area contributed by atoms with E-state index in [0.717, 1.165) is 6.42 Å². The van der Waals surface area contributed by atoms with E-state index in [1.165, 1.54) is 0 Å². The van der Waals surface area contributed by atoms with E-state index in [1.54, 1.807) is 0 Å². The summed E-state index contributed by atoms with van der Waals surface area (Å²) in [6.07, 6.45) is 0.720. The fourth-order valence-corrected chi connectivity index (χ4v) is 1.32. The minimum Gasteiger partial charge on any atom is -0.508 e. The van der Waals surface area contributed by atoms with Crippen molar-refractivity contribution in [3.8, 4) is 6.07 Å². The van der Waals surface area contributed by atoms with Crippen LogP contribution in [-0.4, -0.2) is 17.0 Å². The van der Waals surface area contributed by atoms with Crippen LogP contribution in [0, 0.1) is 17.2 Å². The molecule has 0 spiro atoms. The highest BCUT2D eigenvalue weighted by atomic mass is 16.3. The number of aliphatic hydroxyl groups is 1. The van der Waals surface area contributed by atoms with Crippen LogP contribution in [0.4, 0.5) is 0 Å². The van der Waals surface area contributed by atoms with Crippen LogP contribution < -0.4 is 5.73 Å². The highest BCUT2D eigenvalue weighted by Gasteiger charge is 2.26. The number of amidine groups is 1. The van der Waals surface area contributed by atoms with Crippen molar-refractivity contribution in [1.82, 2.24) is 0 Å². The van der Waals surface area contributed by atoms with Crippen LogP contribution in [0.5, 0.6) is 0 Å². The Kier molecular flexibility index (Phi) is 2.57. The molecule has 1 atom stereocenters. The third kappa shape index (κ3) is 1.81. The van der Waals surface area contributed by atoms with E-state index in [0.29, 0.717) is 5.92 Å². The summed E-state index contributed by atoms with van der Waals surface area (Å²) in [6.45, 7) is 4.06. The number of nitrogens with two attached hydrogens (primary N) is 1. The zero-order chi connectivity index (χ0) is 10.0. The fourth-order valence-electron chi connectivity index (χ4n) is 1.32. The quantitative estimate of drug-likeness (QED) is 0.666. The Morgan fingerprint density at radius 1 is 1.69 bits per heavy atom. The Balaban J connectivity index is 2.85. The van der Waals surface area contributed by atoms with Gasteiger partial charge in [0, 0.05) is 0 Å². The summed E-state index contributed by atoms with van der Waals surface area (Å²) < 4.78 is 0. The topological polar surface area (TPSA) is 82.4 Å². The summed E-state index contributed by atoms with van der Waals surface area (Å²) in [5.74, 6) is 0.598. The summed E-state index contributed by atoms with van der Waals surface area (Å²) >= 11 is 0. The number of hydrogen-bond acceptors (Lipinski definition) is 4. The molecule has 0 bridgehead atoms. The molecule has 0 radical (unpaired) electrons. The van der Waals surface area contributed by atoms with Gasteiger partial charge in [0.2, 0.25) is 0 Å². The minimum atomic E-state index is -0.311. The zero-order valence-corrected chi connectivity index (χ0v) is 7.78. The van der Waals surface area contributed by atoms with Gasteiger partial charge in [-0.3, -0.25) is 4.99 Å². The van der Waals surface area contributed by atoms with Gasteiger partial charge in [-0.2, -0.15) is 5.26 Å². The largest absolute Gasteiger partial charge is 0.508 e. The van der Waals surface area contributed by atoms with Crippen molar-refractivity contribution in [3.05, 3.63) is 11.3 Å². The van der Waals surface area contributed by atoms with Gasteiger partial charge in [0.25, 0.3) is 0 Å². The molecule has 70 valence electrons. The van der Waals surface area contributed by atoms with E-state index in [2.05, 4.69) is 4.99 Å². The van der Waals surface area contributed by atoms with Crippen LogP contribution in [0.2, 0.25) is 0 Å². The molecule has 0 aliphatic carbocycles. The van der Waals surface area contributed by atoms with Crippen LogP contribution in [0.25, 0.3) is 0 Å². The van der Waals surface area contributed by atoms with E-state index >= 15 is 0 Å². The van der Waals surface area contributed by atoms with Gasteiger partial charge in [0.1, 0.15) is 29.3 Å². The molecule has 1 aliphatic heterocycles. The number of hydrogen-bond donors (Lipinski definition) is 2. The Bertz CT molecular complexity index is 309. The first-order valence-electron chi connectivity index (χ1n) is 4.23. The van der Waals surface area contributed by atoms with E-state index in [4.69, 9.17) is 11.0 Å². The molecule has 0 saturated heterocycles. The standard InChI is InChI=1S/C9H13N3O/c1-5(2)3-7-8(13)6(4-10)9(11)12-7/h5,7,13H,3H2,1-2H3,(H2,11,12). The molecule has 1 unspecified atom stereocenters. The first-order chi connectivity index (χ1) is 6.06. The molecule has 1 aliphatic rings. The lowest BCUT2D eigenvalue weighted by Gasteiger charge is -2.09. The average molecular weight is 179 g/mol. The lowest BCUT2D eigenvalue weighted by Crippen LogP contribution is -2.11. The predicted molar refractivity (Wildman–Crippen MR) is 50.1 cm³/mol. The number of aliphatic imine (C=N–C) groups is 1. The van der Waals surface area contributed by atoms with Crippen molar-refractivity contribution in [2.24, 2.45) is 16.6 Å². The second kappa shape index (κ2) is 3.48. The maximum atomic E-state index is 9.53. The van der Waals surface area contributed by atoms with E-state index in [1.807, 2.05) is 19.9 Å². The van der Waals surface area contributed by atoms with Gasteiger partial charge in [-0.1, -0.05) is 13.8 Å². The summed E-state index contributed by atoms with van der Waals surface area (Å²) in [5, 5.41) is 18.2. The number of aliphatic hydroxyl groups excluding tert-OH is 1. The molecule has 0 saturated carbocycles. The van der Waals surface area contributed by atoms with Crippen molar-refractivity contribution in [1.29, 1.82) is 5.26 Å². The Hall–Kier alpha value is -1.50. The monoisotopic (exact) mass is 179 g/mol. The highest BCUT2D eigenvalue weighted by molar-refractivity contribution is 6.03. The molecule has 0 aromatic rings. The Labute approximate surface area is 77.4 Å². The molecule has 4 nitrogen and oxygen atoms in total. The molecular weight excluding hydrogens is 166 g/mol. The molecule has 3 N–H and O–H groups in total. The van der Waals surface area contributed by atoms with Gasteiger partial charge in [-0.05, 0) is 12.3 Å². The van der Waals surface area contributed by atoms with Gasteiger partial charge in [-0.25, -0.2) is 0 Å². The average Bonchev–Trinajstić information content (AvgIpc) is 2.26. The third-order valence-corrected chi connectivity index (χ3v) is 1.93. The normalized spacial score (nSPS) is 22.0. The van der Waals surface area contributed by atoms with Crippen LogP contribution >= 0.6 is 0 Å². The molecule has 1 rings (SSSR count). The van der Waals surface area contributed by atoms with Crippen molar-refractivity contribution in [2.75, 3.05) is 0 Å². The molecule has 0 aromatic carbocycles. The second-order valence-electron chi connectivity index (χ2n) is 3.53. The SMILES string of the molecule is CC(C)CC1N=C(N)C(C#N)=C1O. The number of rotatable bonds is 2. The number of nitriles is 1. The van der Waals surface area contributed by atoms with Crippen LogP contribution in [0.15, 0.2) is 16.3 Å². The lowest BCUT2D eigenvalue weighted by molar-refractivity contribution is 0.349. The van der Waals surface area contributed by atoms with Gasteiger partial charge in [0.05, 0.1) is 0 Å². The van der Waals surface area contributed by atoms with Crippen molar-refractivity contribution in [3.63, 3.8) is 0 Å². The minimum absolute atomic E-state index is 0.0219. The molecular formula is C9H13N3O. The lowest BCUT2D eigenvalue weighted by atomic mass is 10.0. The second-order valence-corrected chi connectivity index (χ2v) is 3.53. The third-order valence-electron chi connectivity index (χ3n) is 1.93. The Morgan fingerprint density at radius 3 is 2.69 bits per heavy atom. The maximum Gasteiger partial charge on any atom is 0.140 e. The molecule has 0 fully saturated rings. The molecule has 0 amide bonds. The zero-order valence-electron chi connectivity index (χ0n) is 7.78. The molecule has 13 heavy (non-hydrogen) atoms. The first-order valence-corrected chi connectivity index (χ1v) is 4.23. The fraction of sp³-hybridized carbons (Fsp3) is 0.556. The maximum absolute atomic E-state index is 9.53. The molecule has 4 heteroatoms. The van der Waals surface area contributed by atoms with Gasteiger partial charge >= 0.3 is 0 Å². The van der Waals surface area contributed by atoms with E-state index in [9.17, 15) is 5.11 Å². The van der Waals surface area contributed by atoms with Crippen molar-refractivity contribution >= 4 is 5.84 Å². The summed E-state index contributed by atoms with van der Waals surface area (Å²) in [6, 6.07) is 1.53. The van der Waals surface area contributed by atoms with Crippen LogP contribution in [0.3, 0.4) is 0 Å². The van der Waals surface area contributed by atoms with Crippen molar-refractivity contribution in [2.45, 2.75) is 26.3 Å². The molecule has 0 aromatic heterocycles. The van der Waals surface area contributed by atoms with Gasteiger partial charge in [0.15, 0.2) is 0 Å².